The van der Waals surface area contributed by atoms with Crippen LogP contribution in [0.1, 0.15) is 29.9 Å². The van der Waals surface area contributed by atoms with Crippen LogP contribution in [0.3, 0.4) is 0 Å². The molecule has 1 aliphatic rings. The van der Waals surface area contributed by atoms with Gasteiger partial charge < -0.3 is 9.84 Å². The van der Waals surface area contributed by atoms with Crippen LogP contribution in [0.15, 0.2) is 22.7 Å². The zero-order valence-electron chi connectivity index (χ0n) is 12.9. The van der Waals surface area contributed by atoms with E-state index in [1.54, 1.807) is 0 Å². The van der Waals surface area contributed by atoms with E-state index in [0.717, 1.165) is 37.6 Å². The Bertz CT molecular complexity index is 596. The van der Waals surface area contributed by atoms with Crippen molar-refractivity contribution in [1.29, 1.82) is 0 Å². The van der Waals surface area contributed by atoms with Crippen molar-refractivity contribution >= 4 is 0 Å². The quantitative estimate of drug-likeness (QED) is 0.938. The van der Waals surface area contributed by atoms with Crippen molar-refractivity contribution in [2.75, 3.05) is 26.2 Å². The predicted octanol–water partition coefficient (Wildman–Crippen LogP) is 2.32. The third kappa shape index (κ3) is 2.84. The highest BCUT2D eigenvalue weighted by molar-refractivity contribution is 5.62. The molecule has 0 spiro atoms. The number of hydrogen-bond donors (Lipinski definition) is 1. The molecule has 112 valence electrons. The van der Waals surface area contributed by atoms with Crippen LogP contribution in [0.25, 0.3) is 11.5 Å². The largest absolute Gasteiger partial charge is 0.334 e. The molecule has 0 aliphatic carbocycles. The third-order valence-electron chi connectivity index (χ3n) is 4.21. The topological polar surface area (TPSA) is 54.2 Å². The zero-order chi connectivity index (χ0) is 14.8. The first-order valence-corrected chi connectivity index (χ1v) is 7.52. The Balaban J connectivity index is 1.86. The maximum Gasteiger partial charge on any atom is 0.258 e. The number of nitrogens with one attached hydrogen (secondary N) is 1. The maximum absolute atomic E-state index is 5.52. The SMILES string of the molecule is Cc1cccc(C)c1-c1nc(C(C)N2CCNCC2)no1. The first-order chi connectivity index (χ1) is 10.2. The van der Waals surface area contributed by atoms with Crippen LogP contribution in [-0.4, -0.2) is 41.2 Å². The summed E-state index contributed by atoms with van der Waals surface area (Å²) in [6.07, 6.45) is 0. The van der Waals surface area contributed by atoms with Crippen LogP contribution in [0.2, 0.25) is 0 Å². The van der Waals surface area contributed by atoms with E-state index in [1.807, 2.05) is 0 Å². The van der Waals surface area contributed by atoms with Gasteiger partial charge in [-0.25, -0.2) is 0 Å². The Morgan fingerprint density at radius 3 is 2.52 bits per heavy atom. The smallest absolute Gasteiger partial charge is 0.258 e. The lowest BCUT2D eigenvalue weighted by Gasteiger charge is -2.30. The number of aromatic nitrogens is 2. The fourth-order valence-electron chi connectivity index (χ4n) is 2.89. The summed E-state index contributed by atoms with van der Waals surface area (Å²) >= 11 is 0. The van der Waals surface area contributed by atoms with Gasteiger partial charge in [0.25, 0.3) is 5.89 Å². The summed E-state index contributed by atoms with van der Waals surface area (Å²) in [5.41, 5.74) is 3.39. The second-order valence-corrected chi connectivity index (χ2v) is 5.69. The lowest BCUT2D eigenvalue weighted by Crippen LogP contribution is -2.44. The lowest BCUT2D eigenvalue weighted by atomic mass is 10.0. The zero-order valence-corrected chi connectivity index (χ0v) is 12.9. The standard InChI is InChI=1S/C16H22N4O/c1-11-5-4-6-12(2)14(11)16-18-15(19-21-16)13(3)20-9-7-17-8-10-20/h4-6,13,17H,7-10H2,1-3H3. The van der Waals surface area contributed by atoms with Gasteiger partial charge in [0.05, 0.1) is 6.04 Å². The van der Waals surface area contributed by atoms with E-state index in [-0.39, 0.29) is 6.04 Å². The summed E-state index contributed by atoms with van der Waals surface area (Å²) in [5.74, 6) is 1.40. The van der Waals surface area contributed by atoms with Crippen molar-refractivity contribution in [3.05, 3.63) is 35.2 Å². The molecule has 0 radical (unpaired) electrons. The summed E-state index contributed by atoms with van der Waals surface area (Å²) in [7, 11) is 0. The third-order valence-corrected chi connectivity index (χ3v) is 4.21. The number of benzene rings is 1. The Morgan fingerprint density at radius 2 is 1.86 bits per heavy atom. The second kappa shape index (κ2) is 5.95. The molecule has 21 heavy (non-hydrogen) atoms. The first-order valence-electron chi connectivity index (χ1n) is 7.52. The Hall–Kier alpha value is -1.72. The van der Waals surface area contributed by atoms with Crippen molar-refractivity contribution in [2.24, 2.45) is 0 Å². The molecule has 1 atom stereocenters. The number of nitrogens with zero attached hydrogens (tertiary/aromatic N) is 3. The molecule has 0 amide bonds. The number of piperazine rings is 1. The molecule has 0 saturated carbocycles. The summed E-state index contributed by atoms with van der Waals surface area (Å²) in [6.45, 7) is 10.4. The minimum Gasteiger partial charge on any atom is -0.334 e. The fraction of sp³-hybridized carbons (Fsp3) is 0.500. The van der Waals surface area contributed by atoms with Crippen molar-refractivity contribution in [2.45, 2.75) is 26.8 Å². The summed E-state index contributed by atoms with van der Waals surface area (Å²) in [4.78, 5) is 7.02. The van der Waals surface area contributed by atoms with Crippen molar-refractivity contribution in [1.82, 2.24) is 20.4 Å². The monoisotopic (exact) mass is 286 g/mol. The average molecular weight is 286 g/mol. The van der Waals surface area contributed by atoms with E-state index in [2.05, 4.69) is 59.3 Å². The fourth-order valence-corrected chi connectivity index (χ4v) is 2.89. The van der Waals surface area contributed by atoms with Gasteiger partial charge in [0.2, 0.25) is 0 Å². The Labute approximate surface area is 125 Å². The Morgan fingerprint density at radius 1 is 1.19 bits per heavy atom. The average Bonchev–Trinajstić information content (AvgIpc) is 2.97. The van der Waals surface area contributed by atoms with Crippen LogP contribution in [-0.2, 0) is 0 Å². The van der Waals surface area contributed by atoms with Crippen LogP contribution < -0.4 is 5.32 Å². The molecule has 1 unspecified atom stereocenters. The minimum atomic E-state index is 0.189. The minimum absolute atomic E-state index is 0.189. The second-order valence-electron chi connectivity index (χ2n) is 5.69. The number of rotatable bonds is 3. The van der Waals surface area contributed by atoms with E-state index in [0.29, 0.717) is 5.89 Å². The van der Waals surface area contributed by atoms with Gasteiger partial charge in [-0.1, -0.05) is 23.4 Å². The summed E-state index contributed by atoms with van der Waals surface area (Å²) in [6, 6.07) is 6.39. The maximum atomic E-state index is 5.52. The van der Waals surface area contributed by atoms with Crippen LogP contribution in [0.5, 0.6) is 0 Å². The molecule has 1 fully saturated rings. The van der Waals surface area contributed by atoms with Crippen LogP contribution in [0.4, 0.5) is 0 Å². The molecular formula is C16H22N4O. The van der Waals surface area contributed by atoms with E-state index >= 15 is 0 Å². The molecule has 2 heterocycles. The molecule has 3 rings (SSSR count). The Kier molecular flexibility index (Phi) is 4.03. The first kappa shape index (κ1) is 14.2. The molecule has 1 saturated heterocycles. The normalized spacial score (nSPS) is 17.9. The van der Waals surface area contributed by atoms with Gasteiger partial charge in [-0.15, -0.1) is 0 Å². The summed E-state index contributed by atoms with van der Waals surface area (Å²) in [5, 5.41) is 7.56. The molecule has 5 heteroatoms. The van der Waals surface area contributed by atoms with Crippen molar-refractivity contribution in [3.63, 3.8) is 0 Å². The van der Waals surface area contributed by atoms with Gasteiger partial charge in [-0.05, 0) is 31.9 Å². The molecule has 0 bridgehead atoms. The highest BCUT2D eigenvalue weighted by atomic mass is 16.5. The van der Waals surface area contributed by atoms with E-state index in [9.17, 15) is 0 Å². The van der Waals surface area contributed by atoms with E-state index in [4.69, 9.17) is 4.52 Å². The molecule has 2 aromatic rings. The molecule has 1 aliphatic heterocycles. The van der Waals surface area contributed by atoms with Gasteiger partial charge in [0.1, 0.15) is 0 Å². The van der Waals surface area contributed by atoms with Gasteiger partial charge in [-0.2, -0.15) is 4.98 Å². The van der Waals surface area contributed by atoms with Gasteiger partial charge in [0.15, 0.2) is 5.82 Å². The van der Waals surface area contributed by atoms with Gasteiger partial charge in [0, 0.05) is 31.7 Å². The van der Waals surface area contributed by atoms with E-state index in [1.165, 1.54) is 11.1 Å². The van der Waals surface area contributed by atoms with Gasteiger partial charge >= 0.3 is 0 Å². The van der Waals surface area contributed by atoms with Crippen molar-refractivity contribution < 1.29 is 4.52 Å². The molecule has 1 aromatic carbocycles. The predicted molar refractivity (Wildman–Crippen MR) is 82.1 cm³/mol. The van der Waals surface area contributed by atoms with Crippen molar-refractivity contribution in [3.8, 4) is 11.5 Å². The highest BCUT2D eigenvalue weighted by Crippen LogP contribution is 2.27. The number of aryl methyl sites for hydroxylation is 2. The summed E-state index contributed by atoms with van der Waals surface area (Å²) < 4.78 is 5.52. The van der Waals surface area contributed by atoms with E-state index < -0.39 is 0 Å². The number of hydrogen-bond acceptors (Lipinski definition) is 5. The van der Waals surface area contributed by atoms with Crippen LogP contribution >= 0.6 is 0 Å². The molecule has 1 N–H and O–H groups in total. The lowest BCUT2D eigenvalue weighted by molar-refractivity contribution is 0.176. The molecule has 5 nitrogen and oxygen atoms in total. The van der Waals surface area contributed by atoms with Crippen LogP contribution in [0, 0.1) is 13.8 Å². The highest BCUT2D eigenvalue weighted by Gasteiger charge is 2.23. The molecule has 1 aromatic heterocycles. The molecular weight excluding hydrogens is 264 g/mol. The van der Waals surface area contributed by atoms with Gasteiger partial charge in [-0.3, -0.25) is 4.90 Å².